The van der Waals surface area contributed by atoms with Crippen LogP contribution >= 0.6 is 38.9 Å². The van der Waals surface area contributed by atoms with Gasteiger partial charge in [-0.1, -0.05) is 11.6 Å². The number of carbonyl (C=O) groups is 1. The molecule has 0 amide bonds. The maximum atomic E-state index is 10.7. The molecule has 1 N–H and O–H groups in total. The van der Waals surface area contributed by atoms with Gasteiger partial charge in [0.2, 0.25) is 0 Å². The molecule has 1 saturated heterocycles. The van der Waals surface area contributed by atoms with Crippen molar-refractivity contribution in [1.82, 2.24) is 9.80 Å². The van der Waals surface area contributed by atoms with Crippen molar-refractivity contribution in [2.75, 3.05) is 39.8 Å². The summed E-state index contributed by atoms with van der Waals surface area (Å²) in [5.74, 6) is -0.816. The predicted octanol–water partition coefficient (Wildman–Crippen LogP) is 2.38. The Hall–Kier alpha value is -0.180. The van der Waals surface area contributed by atoms with Gasteiger partial charge in [0, 0.05) is 35.5 Å². The number of ether oxygens (including phenoxy) is 1. The number of halogens is 2. The van der Waals surface area contributed by atoms with Crippen LogP contribution in [-0.2, 0) is 16.1 Å². The van der Waals surface area contributed by atoms with Gasteiger partial charge in [-0.25, -0.2) is 0 Å². The summed E-state index contributed by atoms with van der Waals surface area (Å²) < 4.78 is 7.43. The molecule has 1 fully saturated rings. The third-order valence-electron chi connectivity index (χ3n) is 3.22. The summed E-state index contributed by atoms with van der Waals surface area (Å²) in [4.78, 5) is 16.0. The monoisotopic (exact) mass is 396 g/mol. The molecular formula is C13H18BrClN2O3S. The molecule has 1 atom stereocenters. The summed E-state index contributed by atoms with van der Waals surface area (Å²) in [6, 6.07) is 2.05. The summed E-state index contributed by atoms with van der Waals surface area (Å²) in [6.07, 6.45) is 0.0435. The molecule has 0 spiro atoms. The van der Waals surface area contributed by atoms with Crippen LogP contribution in [0.25, 0.3) is 0 Å². The highest BCUT2D eigenvalue weighted by atomic mass is 79.9. The van der Waals surface area contributed by atoms with Crippen LogP contribution < -0.4 is 0 Å². The average Bonchev–Trinajstić information content (AvgIpc) is 2.67. The van der Waals surface area contributed by atoms with Crippen LogP contribution in [0.15, 0.2) is 10.5 Å². The molecule has 1 aromatic rings. The van der Waals surface area contributed by atoms with E-state index in [9.17, 15) is 4.79 Å². The van der Waals surface area contributed by atoms with Crippen molar-refractivity contribution in [3.8, 4) is 0 Å². The van der Waals surface area contributed by atoms with E-state index in [1.54, 1.807) is 23.3 Å². The molecule has 0 saturated carbocycles. The number of carboxylic acid groups (broad SMARTS) is 1. The minimum absolute atomic E-state index is 0.0351. The third kappa shape index (κ3) is 5.50. The second kappa shape index (κ2) is 7.89. The van der Waals surface area contributed by atoms with Gasteiger partial charge in [0.1, 0.15) is 4.34 Å². The van der Waals surface area contributed by atoms with Crippen molar-refractivity contribution in [2.24, 2.45) is 0 Å². The van der Waals surface area contributed by atoms with E-state index < -0.39 is 5.97 Å². The quantitative estimate of drug-likeness (QED) is 0.799. The van der Waals surface area contributed by atoms with E-state index in [2.05, 4.69) is 20.8 Å². The molecule has 1 aromatic heterocycles. The first-order valence-electron chi connectivity index (χ1n) is 6.62. The zero-order chi connectivity index (χ0) is 15.4. The molecule has 8 heteroatoms. The van der Waals surface area contributed by atoms with Gasteiger partial charge in [-0.05, 0) is 29.0 Å². The highest BCUT2D eigenvalue weighted by molar-refractivity contribution is 9.10. The van der Waals surface area contributed by atoms with E-state index in [1.807, 2.05) is 6.07 Å². The molecule has 0 aliphatic carbocycles. The Kier molecular flexibility index (Phi) is 6.46. The van der Waals surface area contributed by atoms with Gasteiger partial charge in [-0.2, -0.15) is 0 Å². The van der Waals surface area contributed by atoms with Gasteiger partial charge in [-0.3, -0.25) is 14.6 Å². The standard InChI is InChI=1S/C13H18BrClN2O3S/c1-16(8-12(18)19)5-9-6-17(2-3-20-9)7-10-4-11(14)13(15)21-10/h4,9H,2-3,5-8H2,1H3,(H,18,19). The second-order valence-corrected chi connectivity index (χ2v) is 7.75. The number of carboxylic acids is 1. The van der Waals surface area contributed by atoms with E-state index in [4.69, 9.17) is 21.4 Å². The van der Waals surface area contributed by atoms with Gasteiger partial charge in [-0.15, -0.1) is 11.3 Å². The molecule has 1 aliphatic rings. The zero-order valence-corrected chi connectivity index (χ0v) is 14.9. The summed E-state index contributed by atoms with van der Waals surface area (Å²) in [6.45, 7) is 3.86. The number of aliphatic carboxylic acids is 1. The highest BCUT2D eigenvalue weighted by Gasteiger charge is 2.23. The van der Waals surface area contributed by atoms with Crippen molar-refractivity contribution in [3.63, 3.8) is 0 Å². The summed E-state index contributed by atoms with van der Waals surface area (Å²) in [5, 5.41) is 8.78. The molecule has 1 aliphatic heterocycles. The molecule has 0 radical (unpaired) electrons. The van der Waals surface area contributed by atoms with E-state index in [0.717, 1.165) is 28.4 Å². The van der Waals surface area contributed by atoms with Crippen molar-refractivity contribution >= 4 is 44.8 Å². The maximum absolute atomic E-state index is 10.7. The Labute approximate surface area is 141 Å². The second-order valence-electron chi connectivity index (χ2n) is 5.15. The van der Waals surface area contributed by atoms with Crippen LogP contribution in [0.5, 0.6) is 0 Å². The topological polar surface area (TPSA) is 53.0 Å². The van der Waals surface area contributed by atoms with Crippen molar-refractivity contribution in [2.45, 2.75) is 12.6 Å². The number of nitrogens with zero attached hydrogens (tertiary/aromatic N) is 2. The number of hydrogen-bond donors (Lipinski definition) is 1. The number of likely N-dealkylation sites (N-methyl/N-ethyl adjacent to an activating group) is 1. The molecule has 5 nitrogen and oxygen atoms in total. The number of rotatable bonds is 6. The number of thiophene rings is 1. The van der Waals surface area contributed by atoms with Gasteiger partial charge >= 0.3 is 5.97 Å². The molecule has 1 unspecified atom stereocenters. The van der Waals surface area contributed by atoms with E-state index >= 15 is 0 Å². The SMILES string of the molecule is CN(CC(=O)O)CC1CN(Cc2cc(Br)c(Cl)s2)CCO1. The summed E-state index contributed by atoms with van der Waals surface area (Å²) >= 11 is 11.1. The average molecular weight is 398 g/mol. The Morgan fingerprint density at radius 1 is 1.71 bits per heavy atom. The first-order chi connectivity index (χ1) is 9.94. The van der Waals surface area contributed by atoms with Crippen LogP contribution in [0.4, 0.5) is 0 Å². The maximum Gasteiger partial charge on any atom is 0.317 e. The Morgan fingerprint density at radius 2 is 2.48 bits per heavy atom. The van der Waals surface area contributed by atoms with Gasteiger partial charge < -0.3 is 9.84 Å². The molecule has 0 bridgehead atoms. The highest BCUT2D eigenvalue weighted by Crippen LogP contribution is 2.32. The van der Waals surface area contributed by atoms with E-state index in [1.165, 1.54) is 4.88 Å². The van der Waals surface area contributed by atoms with Gasteiger partial charge in [0.05, 0.1) is 19.3 Å². The normalized spacial score (nSPS) is 20.1. The lowest BCUT2D eigenvalue weighted by Gasteiger charge is -2.34. The Bertz CT molecular complexity index is 480. The minimum atomic E-state index is -0.816. The van der Waals surface area contributed by atoms with Crippen molar-refractivity contribution < 1.29 is 14.6 Å². The third-order valence-corrected chi connectivity index (χ3v) is 5.68. The lowest BCUT2D eigenvalue weighted by atomic mass is 10.2. The Balaban J connectivity index is 1.84. The van der Waals surface area contributed by atoms with Crippen LogP contribution in [0.3, 0.4) is 0 Å². The molecule has 118 valence electrons. The van der Waals surface area contributed by atoms with Crippen molar-refractivity contribution in [3.05, 3.63) is 19.8 Å². The lowest BCUT2D eigenvalue weighted by molar-refractivity contribution is -0.138. The van der Waals surface area contributed by atoms with E-state index in [0.29, 0.717) is 13.2 Å². The van der Waals surface area contributed by atoms with Crippen molar-refractivity contribution in [1.29, 1.82) is 0 Å². The van der Waals surface area contributed by atoms with Crippen LogP contribution in [0, 0.1) is 0 Å². The predicted molar refractivity (Wildman–Crippen MR) is 87.2 cm³/mol. The molecule has 21 heavy (non-hydrogen) atoms. The lowest BCUT2D eigenvalue weighted by Crippen LogP contribution is -2.47. The molecule has 0 aromatic carbocycles. The largest absolute Gasteiger partial charge is 0.480 e. The molecule has 2 heterocycles. The minimum Gasteiger partial charge on any atom is -0.480 e. The first kappa shape index (κ1) is 17.2. The van der Waals surface area contributed by atoms with Crippen LogP contribution in [0.2, 0.25) is 4.34 Å². The summed E-state index contributed by atoms with van der Waals surface area (Å²) in [7, 11) is 1.80. The molecule has 2 rings (SSSR count). The van der Waals surface area contributed by atoms with Crippen LogP contribution in [0.1, 0.15) is 4.88 Å². The van der Waals surface area contributed by atoms with Gasteiger partial charge in [0.15, 0.2) is 0 Å². The van der Waals surface area contributed by atoms with Crippen LogP contribution in [-0.4, -0.2) is 66.8 Å². The number of hydrogen-bond acceptors (Lipinski definition) is 5. The van der Waals surface area contributed by atoms with Gasteiger partial charge in [0.25, 0.3) is 0 Å². The number of morpholine rings is 1. The molecular weight excluding hydrogens is 380 g/mol. The van der Waals surface area contributed by atoms with E-state index in [-0.39, 0.29) is 12.6 Å². The fourth-order valence-electron chi connectivity index (χ4n) is 2.37. The fraction of sp³-hybridized carbons (Fsp3) is 0.615. The summed E-state index contributed by atoms with van der Waals surface area (Å²) in [5.41, 5.74) is 0. The smallest absolute Gasteiger partial charge is 0.317 e. The Morgan fingerprint density at radius 3 is 3.10 bits per heavy atom. The fourth-order valence-corrected chi connectivity index (χ4v) is 4.20. The zero-order valence-electron chi connectivity index (χ0n) is 11.7. The first-order valence-corrected chi connectivity index (χ1v) is 8.61.